The fourth-order valence-corrected chi connectivity index (χ4v) is 2.49. The van der Waals surface area contributed by atoms with Gasteiger partial charge in [-0.3, -0.25) is 14.5 Å². The number of ketones is 1. The second-order valence-corrected chi connectivity index (χ2v) is 4.49. The summed E-state index contributed by atoms with van der Waals surface area (Å²) in [4.78, 5) is 25.1. The van der Waals surface area contributed by atoms with Crippen LogP contribution in [0.1, 0.15) is 25.7 Å². The Hall–Kier alpha value is -0.900. The van der Waals surface area contributed by atoms with E-state index in [0.717, 1.165) is 38.8 Å². The Labute approximate surface area is 90.0 Å². The highest BCUT2D eigenvalue weighted by Crippen LogP contribution is 2.26. The van der Waals surface area contributed by atoms with E-state index in [9.17, 15) is 9.59 Å². The summed E-state index contributed by atoms with van der Waals surface area (Å²) < 4.78 is 0. The minimum Gasteiger partial charge on any atom is -0.359 e. The van der Waals surface area contributed by atoms with Crippen LogP contribution in [-0.2, 0) is 9.59 Å². The van der Waals surface area contributed by atoms with E-state index in [0.29, 0.717) is 5.78 Å². The smallest absolute Gasteiger partial charge is 0.225 e. The molecule has 1 atom stereocenters. The van der Waals surface area contributed by atoms with Crippen LogP contribution in [0.25, 0.3) is 0 Å². The molecule has 2 rings (SSSR count). The first-order chi connectivity index (χ1) is 7.22. The molecule has 1 N–H and O–H groups in total. The monoisotopic (exact) mass is 210 g/mol. The van der Waals surface area contributed by atoms with Crippen molar-refractivity contribution < 1.29 is 9.59 Å². The molecule has 1 amide bonds. The molecule has 1 unspecified atom stereocenters. The van der Waals surface area contributed by atoms with Gasteiger partial charge in [-0.15, -0.1) is 0 Å². The van der Waals surface area contributed by atoms with E-state index < -0.39 is 0 Å². The van der Waals surface area contributed by atoms with Gasteiger partial charge in [-0.1, -0.05) is 6.42 Å². The lowest BCUT2D eigenvalue weighted by Crippen LogP contribution is -2.59. The molecule has 1 heterocycles. The second kappa shape index (κ2) is 4.31. The second-order valence-electron chi connectivity index (χ2n) is 4.49. The largest absolute Gasteiger partial charge is 0.359 e. The normalized spacial score (nSPS) is 28.6. The maximum Gasteiger partial charge on any atom is 0.225 e. The van der Waals surface area contributed by atoms with Crippen LogP contribution in [0.2, 0.25) is 0 Å². The molecule has 1 aliphatic heterocycles. The topological polar surface area (TPSA) is 49.4 Å². The average Bonchev–Trinajstić information content (AvgIpc) is 2.18. The number of hydrogen-bond donors (Lipinski definition) is 1. The molecule has 0 bridgehead atoms. The van der Waals surface area contributed by atoms with Crippen molar-refractivity contribution >= 4 is 11.7 Å². The SMILES string of the molecule is CNC(=O)C1CN(C2CCCCC2=O)C1. The van der Waals surface area contributed by atoms with Gasteiger partial charge in [0, 0.05) is 26.6 Å². The summed E-state index contributed by atoms with van der Waals surface area (Å²) in [5.74, 6) is 0.579. The van der Waals surface area contributed by atoms with Gasteiger partial charge in [0.2, 0.25) is 5.91 Å². The predicted molar refractivity (Wildman–Crippen MR) is 56.4 cm³/mol. The Bertz CT molecular complexity index is 272. The number of nitrogens with zero attached hydrogens (tertiary/aromatic N) is 1. The molecule has 0 radical (unpaired) electrons. The van der Waals surface area contributed by atoms with Crippen molar-refractivity contribution in [3.63, 3.8) is 0 Å². The molecular weight excluding hydrogens is 192 g/mol. The van der Waals surface area contributed by atoms with Crippen LogP contribution in [-0.4, -0.2) is 42.8 Å². The van der Waals surface area contributed by atoms with Gasteiger partial charge in [0.25, 0.3) is 0 Å². The maximum absolute atomic E-state index is 11.6. The van der Waals surface area contributed by atoms with E-state index in [4.69, 9.17) is 0 Å². The Balaban J connectivity index is 1.83. The summed E-state index contributed by atoms with van der Waals surface area (Å²) in [5, 5.41) is 2.65. The quantitative estimate of drug-likeness (QED) is 0.707. The molecule has 2 fully saturated rings. The zero-order valence-corrected chi connectivity index (χ0v) is 9.16. The van der Waals surface area contributed by atoms with Gasteiger partial charge in [-0.2, -0.15) is 0 Å². The van der Waals surface area contributed by atoms with Crippen LogP contribution in [0.3, 0.4) is 0 Å². The van der Waals surface area contributed by atoms with Gasteiger partial charge >= 0.3 is 0 Å². The van der Waals surface area contributed by atoms with Gasteiger partial charge in [0.15, 0.2) is 0 Å². The fraction of sp³-hybridized carbons (Fsp3) is 0.818. The molecule has 15 heavy (non-hydrogen) atoms. The molecule has 4 heteroatoms. The van der Waals surface area contributed by atoms with Gasteiger partial charge in [-0.05, 0) is 12.8 Å². The third-order valence-corrected chi connectivity index (χ3v) is 3.49. The molecule has 0 spiro atoms. The van der Waals surface area contributed by atoms with Crippen molar-refractivity contribution in [3.05, 3.63) is 0 Å². The molecule has 84 valence electrons. The van der Waals surface area contributed by atoms with Crippen LogP contribution in [0.15, 0.2) is 0 Å². The number of Topliss-reactive ketones (excluding diaryl/α,β-unsaturated/α-hetero) is 1. The van der Waals surface area contributed by atoms with Crippen LogP contribution in [0, 0.1) is 5.92 Å². The number of nitrogens with one attached hydrogen (secondary N) is 1. The molecule has 2 aliphatic rings. The highest BCUT2D eigenvalue weighted by atomic mass is 16.2. The van der Waals surface area contributed by atoms with E-state index in [2.05, 4.69) is 10.2 Å². The first-order valence-corrected chi connectivity index (χ1v) is 5.70. The van der Waals surface area contributed by atoms with Crippen molar-refractivity contribution in [2.24, 2.45) is 5.92 Å². The molecule has 0 aromatic rings. The number of carbonyl (C=O) groups is 2. The molecular formula is C11H18N2O2. The average molecular weight is 210 g/mol. The highest BCUT2D eigenvalue weighted by molar-refractivity contribution is 5.85. The van der Waals surface area contributed by atoms with Crippen molar-refractivity contribution in [1.29, 1.82) is 0 Å². The lowest BCUT2D eigenvalue weighted by Gasteiger charge is -2.43. The number of hydrogen-bond acceptors (Lipinski definition) is 3. The van der Waals surface area contributed by atoms with Gasteiger partial charge in [0.1, 0.15) is 5.78 Å². The van der Waals surface area contributed by atoms with E-state index in [1.54, 1.807) is 7.05 Å². The molecule has 0 aromatic carbocycles. The van der Waals surface area contributed by atoms with Crippen LogP contribution in [0.5, 0.6) is 0 Å². The van der Waals surface area contributed by atoms with Crippen molar-refractivity contribution in [2.75, 3.05) is 20.1 Å². The Morgan fingerprint density at radius 2 is 2.13 bits per heavy atom. The minimum absolute atomic E-state index is 0.102. The fourth-order valence-electron chi connectivity index (χ4n) is 2.49. The Morgan fingerprint density at radius 3 is 2.73 bits per heavy atom. The van der Waals surface area contributed by atoms with Crippen LogP contribution in [0.4, 0.5) is 0 Å². The van der Waals surface area contributed by atoms with Crippen LogP contribution < -0.4 is 5.32 Å². The molecule has 1 saturated carbocycles. The van der Waals surface area contributed by atoms with Gasteiger partial charge in [-0.25, -0.2) is 0 Å². The zero-order valence-electron chi connectivity index (χ0n) is 9.16. The van der Waals surface area contributed by atoms with Gasteiger partial charge < -0.3 is 5.32 Å². The van der Waals surface area contributed by atoms with E-state index in [-0.39, 0.29) is 17.9 Å². The summed E-state index contributed by atoms with van der Waals surface area (Å²) in [6.45, 7) is 1.52. The third kappa shape index (κ3) is 2.04. The third-order valence-electron chi connectivity index (χ3n) is 3.49. The number of amides is 1. The Morgan fingerprint density at radius 1 is 1.40 bits per heavy atom. The summed E-state index contributed by atoms with van der Waals surface area (Å²) in [7, 11) is 1.66. The molecule has 0 aromatic heterocycles. The lowest BCUT2D eigenvalue weighted by molar-refractivity contribution is -0.137. The predicted octanol–water partition coefficient (Wildman–Crippen LogP) is 0.176. The summed E-state index contributed by atoms with van der Waals surface area (Å²) in [6.07, 6.45) is 3.91. The zero-order chi connectivity index (χ0) is 10.8. The number of carbonyl (C=O) groups excluding carboxylic acids is 2. The standard InChI is InChI=1S/C11H18N2O2/c1-12-11(15)8-6-13(7-8)9-4-2-3-5-10(9)14/h8-9H,2-7H2,1H3,(H,12,15). The molecule has 1 saturated heterocycles. The van der Waals surface area contributed by atoms with Gasteiger partial charge in [0.05, 0.1) is 12.0 Å². The first-order valence-electron chi connectivity index (χ1n) is 5.70. The summed E-state index contributed by atoms with van der Waals surface area (Å²) in [5.41, 5.74) is 0. The van der Waals surface area contributed by atoms with Crippen molar-refractivity contribution in [2.45, 2.75) is 31.7 Å². The number of rotatable bonds is 2. The van der Waals surface area contributed by atoms with Crippen molar-refractivity contribution in [1.82, 2.24) is 10.2 Å². The van der Waals surface area contributed by atoms with E-state index >= 15 is 0 Å². The van der Waals surface area contributed by atoms with Crippen molar-refractivity contribution in [3.8, 4) is 0 Å². The van der Waals surface area contributed by atoms with Crippen LogP contribution >= 0.6 is 0 Å². The molecule has 1 aliphatic carbocycles. The summed E-state index contributed by atoms with van der Waals surface area (Å²) in [6, 6.07) is 0.111. The lowest BCUT2D eigenvalue weighted by atomic mass is 9.88. The highest BCUT2D eigenvalue weighted by Gasteiger charge is 2.39. The number of likely N-dealkylation sites (tertiary alicyclic amines) is 1. The summed E-state index contributed by atoms with van der Waals surface area (Å²) >= 11 is 0. The molecule has 4 nitrogen and oxygen atoms in total. The maximum atomic E-state index is 11.6. The van der Waals surface area contributed by atoms with E-state index in [1.165, 1.54) is 0 Å². The minimum atomic E-state index is 0.102. The first kappa shape index (κ1) is 10.6. The Kier molecular flexibility index (Phi) is 3.05. The van der Waals surface area contributed by atoms with E-state index in [1.807, 2.05) is 0 Å².